The van der Waals surface area contributed by atoms with Gasteiger partial charge in [0.1, 0.15) is 0 Å². The molecule has 0 spiro atoms. The molecule has 0 N–H and O–H groups in total. The van der Waals surface area contributed by atoms with Crippen LogP contribution in [0.15, 0.2) is 48.5 Å². The largest absolute Gasteiger partial charge is 0.341 e. The fourth-order valence-electron chi connectivity index (χ4n) is 6.02. The Bertz CT molecular complexity index is 1110. The van der Waals surface area contributed by atoms with Gasteiger partial charge in [0, 0.05) is 50.9 Å². The predicted molar refractivity (Wildman–Crippen MR) is 136 cm³/mol. The Balaban J connectivity index is 1.23. The molecule has 1 saturated carbocycles. The van der Waals surface area contributed by atoms with Crippen molar-refractivity contribution in [1.29, 1.82) is 5.26 Å². The number of amides is 2. The van der Waals surface area contributed by atoms with Crippen LogP contribution in [0.1, 0.15) is 48.8 Å². The van der Waals surface area contributed by atoms with Crippen LogP contribution in [-0.4, -0.2) is 54.3 Å². The van der Waals surface area contributed by atoms with E-state index < -0.39 is 0 Å². The zero-order valence-electron chi connectivity index (χ0n) is 20.4. The molecule has 6 nitrogen and oxygen atoms in total. The van der Waals surface area contributed by atoms with Gasteiger partial charge in [-0.2, -0.15) is 5.26 Å². The Hall–Kier alpha value is -3.17. The summed E-state index contributed by atoms with van der Waals surface area (Å²) in [7, 11) is 0. The van der Waals surface area contributed by atoms with Crippen molar-refractivity contribution in [2.45, 2.75) is 45.1 Å². The second-order valence-corrected chi connectivity index (χ2v) is 10.1. The van der Waals surface area contributed by atoms with Crippen molar-refractivity contribution in [2.24, 2.45) is 11.8 Å². The molecule has 0 radical (unpaired) electrons. The van der Waals surface area contributed by atoms with Crippen LogP contribution in [0, 0.1) is 23.2 Å². The maximum absolute atomic E-state index is 13.7. The first kappa shape index (κ1) is 23.6. The molecule has 2 aliphatic heterocycles. The SMILES string of the molecule is N#Cc1ccc(CN2CCCN(C(=O)C3CCCCC3C(=O)N3CCc4ccccc43)CC2)cc1. The third-order valence-electron chi connectivity index (χ3n) is 7.94. The van der Waals surface area contributed by atoms with Gasteiger partial charge in [-0.15, -0.1) is 0 Å². The number of benzene rings is 2. The highest BCUT2D eigenvalue weighted by Crippen LogP contribution is 2.36. The Morgan fingerprint density at radius 1 is 0.829 bits per heavy atom. The van der Waals surface area contributed by atoms with Gasteiger partial charge in [0.05, 0.1) is 17.6 Å². The van der Waals surface area contributed by atoms with Crippen molar-refractivity contribution in [3.63, 3.8) is 0 Å². The summed E-state index contributed by atoms with van der Waals surface area (Å²) < 4.78 is 0. The summed E-state index contributed by atoms with van der Waals surface area (Å²) in [5.74, 6) is -0.0875. The van der Waals surface area contributed by atoms with E-state index in [9.17, 15) is 9.59 Å². The van der Waals surface area contributed by atoms with E-state index in [1.54, 1.807) is 0 Å². The minimum absolute atomic E-state index is 0.144. The van der Waals surface area contributed by atoms with Gasteiger partial charge in [-0.3, -0.25) is 14.5 Å². The van der Waals surface area contributed by atoms with Crippen LogP contribution in [0.3, 0.4) is 0 Å². The first-order chi connectivity index (χ1) is 17.1. The van der Waals surface area contributed by atoms with Crippen molar-refractivity contribution in [1.82, 2.24) is 9.80 Å². The van der Waals surface area contributed by atoms with Crippen LogP contribution in [0.2, 0.25) is 0 Å². The number of carbonyl (C=O) groups excluding carboxylic acids is 2. The summed E-state index contributed by atoms with van der Waals surface area (Å²) in [5, 5.41) is 9.01. The standard InChI is InChI=1S/C29H34N4O2/c30-20-22-10-12-23(13-11-22)21-31-15-5-16-32(19-18-31)28(34)25-7-2-3-8-26(25)29(35)33-17-14-24-6-1-4-9-27(24)33/h1,4,6,9-13,25-26H,2-3,5,7-8,14-19,21H2. The molecular formula is C29H34N4O2. The first-order valence-corrected chi connectivity index (χ1v) is 13.0. The average molecular weight is 471 g/mol. The summed E-state index contributed by atoms with van der Waals surface area (Å²) in [6, 6.07) is 18.1. The van der Waals surface area contributed by atoms with Gasteiger partial charge in [0.2, 0.25) is 11.8 Å². The van der Waals surface area contributed by atoms with E-state index in [4.69, 9.17) is 5.26 Å². The molecule has 3 aliphatic rings. The van der Waals surface area contributed by atoms with Crippen molar-refractivity contribution in [3.05, 3.63) is 65.2 Å². The van der Waals surface area contributed by atoms with Gasteiger partial charge in [-0.1, -0.05) is 43.2 Å². The Kier molecular flexibility index (Phi) is 7.15. The summed E-state index contributed by atoms with van der Waals surface area (Å²) in [4.78, 5) is 33.7. The quantitative estimate of drug-likeness (QED) is 0.678. The lowest BCUT2D eigenvalue weighted by molar-refractivity contribution is -0.142. The van der Waals surface area contributed by atoms with E-state index in [1.165, 1.54) is 11.1 Å². The van der Waals surface area contributed by atoms with E-state index in [2.05, 4.69) is 17.0 Å². The van der Waals surface area contributed by atoms with Crippen molar-refractivity contribution < 1.29 is 9.59 Å². The predicted octanol–water partition coefficient (Wildman–Crippen LogP) is 3.99. The van der Waals surface area contributed by atoms with Crippen LogP contribution < -0.4 is 4.90 Å². The number of fused-ring (bicyclic) bond motifs is 1. The molecule has 2 amide bonds. The Morgan fingerprint density at radius 3 is 2.34 bits per heavy atom. The number of hydrogen-bond acceptors (Lipinski definition) is 4. The molecule has 0 aromatic heterocycles. The second kappa shape index (κ2) is 10.6. The van der Waals surface area contributed by atoms with E-state index in [1.807, 2.05) is 52.3 Å². The molecule has 0 bridgehead atoms. The van der Waals surface area contributed by atoms with E-state index >= 15 is 0 Å². The summed E-state index contributed by atoms with van der Waals surface area (Å²) in [6.45, 7) is 4.79. The van der Waals surface area contributed by atoms with Gasteiger partial charge in [0.15, 0.2) is 0 Å². The highest BCUT2D eigenvalue weighted by atomic mass is 16.2. The third kappa shape index (κ3) is 5.11. The van der Waals surface area contributed by atoms with Gasteiger partial charge in [0.25, 0.3) is 0 Å². The van der Waals surface area contributed by atoms with E-state index in [0.717, 1.165) is 76.9 Å². The lowest BCUT2D eigenvalue weighted by atomic mass is 9.77. The van der Waals surface area contributed by atoms with Crippen LogP contribution >= 0.6 is 0 Å². The lowest BCUT2D eigenvalue weighted by Gasteiger charge is -2.35. The maximum Gasteiger partial charge on any atom is 0.230 e. The van der Waals surface area contributed by atoms with Crippen LogP contribution in [0.5, 0.6) is 0 Å². The van der Waals surface area contributed by atoms with Crippen molar-refractivity contribution in [3.8, 4) is 6.07 Å². The summed E-state index contributed by atoms with van der Waals surface area (Å²) in [6.07, 6.45) is 5.51. The third-order valence-corrected chi connectivity index (χ3v) is 7.94. The molecule has 2 heterocycles. The normalized spacial score (nSPS) is 22.8. The molecule has 1 aliphatic carbocycles. The monoisotopic (exact) mass is 470 g/mol. The number of rotatable bonds is 4. The molecule has 5 rings (SSSR count). The molecule has 2 aromatic carbocycles. The topological polar surface area (TPSA) is 67.6 Å². The summed E-state index contributed by atoms with van der Waals surface area (Å²) >= 11 is 0. The minimum atomic E-state index is -0.208. The number of para-hydroxylation sites is 1. The molecule has 2 atom stereocenters. The number of nitriles is 1. The summed E-state index contributed by atoms with van der Waals surface area (Å²) in [5.41, 5.74) is 4.12. The zero-order valence-corrected chi connectivity index (χ0v) is 20.4. The Labute approximate surface area is 208 Å². The maximum atomic E-state index is 13.7. The second-order valence-electron chi connectivity index (χ2n) is 10.1. The smallest absolute Gasteiger partial charge is 0.230 e. The van der Waals surface area contributed by atoms with Gasteiger partial charge in [-0.05, 0) is 55.0 Å². The van der Waals surface area contributed by atoms with Crippen molar-refractivity contribution in [2.75, 3.05) is 37.6 Å². The van der Waals surface area contributed by atoms with Crippen molar-refractivity contribution >= 4 is 17.5 Å². The van der Waals surface area contributed by atoms with Gasteiger partial charge >= 0.3 is 0 Å². The number of hydrogen-bond donors (Lipinski definition) is 0. The fourth-order valence-corrected chi connectivity index (χ4v) is 6.02. The van der Waals surface area contributed by atoms with Gasteiger partial charge < -0.3 is 9.80 Å². The molecule has 35 heavy (non-hydrogen) atoms. The van der Waals surface area contributed by atoms with Crippen LogP contribution in [-0.2, 0) is 22.6 Å². The molecular weight excluding hydrogens is 436 g/mol. The lowest BCUT2D eigenvalue weighted by Crippen LogP contribution is -2.47. The molecule has 6 heteroatoms. The highest BCUT2D eigenvalue weighted by Gasteiger charge is 2.41. The minimum Gasteiger partial charge on any atom is -0.341 e. The molecule has 2 fully saturated rings. The fraction of sp³-hybridized carbons (Fsp3) is 0.483. The van der Waals surface area contributed by atoms with E-state index in [0.29, 0.717) is 12.1 Å². The van der Waals surface area contributed by atoms with Crippen LogP contribution in [0.25, 0.3) is 0 Å². The van der Waals surface area contributed by atoms with Gasteiger partial charge in [-0.25, -0.2) is 0 Å². The Morgan fingerprint density at radius 2 is 1.57 bits per heavy atom. The number of anilines is 1. The molecule has 182 valence electrons. The highest BCUT2D eigenvalue weighted by molar-refractivity contribution is 5.99. The molecule has 2 unspecified atom stereocenters. The number of nitrogens with zero attached hydrogens (tertiary/aromatic N) is 4. The number of carbonyl (C=O) groups is 2. The first-order valence-electron chi connectivity index (χ1n) is 13.0. The molecule has 1 saturated heterocycles. The van der Waals surface area contributed by atoms with E-state index in [-0.39, 0.29) is 23.7 Å². The zero-order chi connectivity index (χ0) is 24.2. The molecule has 2 aromatic rings. The van der Waals surface area contributed by atoms with Crippen LogP contribution in [0.4, 0.5) is 5.69 Å². The average Bonchev–Trinajstić information content (AvgIpc) is 3.20.